The molecule has 0 saturated carbocycles. The SMILES string of the molecule is O=C(c1cn2cc(Cl)ccc2n1)N1CCC[C@H]1c1ccccc1. The summed E-state index contributed by atoms with van der Waals surface area (Å²) in [4.78, 5) is 19.3. The average molecular weight is 326 g/mol. The van der Waals surface area contributed by atoms with E-state index in [2.05, 4.69) is 17.1 Å². The molecule has 5 heteroatoms. The van der Waals surface area contributed by atoms with E-state index in [4.69, 9.17) is 11.6 Å². The minimum absolute atomic E-state index is 0.0174. The van der Waals surface area contributed by atoms with E-state index in [-0.39, 0.29) is 11.9 Å². The third-order valence-corrected chi connectivity index (χ3v) is 4.56. The number of carbonyl (C=O) groups excluding carboxylic acids is 1. The zero-order valence-corrected chi connectivity index (χ0v) is 13.3. The van der Waals surface area contributed by atoms with Crippen LogP contribution in [0.15, 0.2) is 54.9 Å². The zero-order chi connectivity index (χ0) is 15.8. The second-order valence-electron chi connectivity index (χ2n) is 5.81. The van der Waals surface area contributed by atoms with Crippen LogP contribution >= 0.6 is 11.6 Å². The molecule has 0 N–H and O–H groups in total. The second-order valence-corrected chi connectivity index (χ2v) is 6.24. The van der Waals surface area contributed by atoms with Crippen LogP contribution in [0.2, 0.25) is 5.02 Å². The van der Waals surface area contributed by atoms with Crippen LogP contribution in [0.1, 0.15) is 34.9 Å². The largest absolute Gasteiger partial charge is 0.330 e. The van der Waals surface area contributed by atoms with Gasteiger partial charge < -0.3 is 9.30 Å². The second kappa shape index (κ2) is 5.70. The Kier molecular flexibility index (Phi) is 3.54. The van der Waals surface area contributed by atoms with Crippen molar-refractivity contribution in [2.75, 3.05) is 6.54 Å². The van der Waals surface area contributed by atoms with E-state index in [0.29, 0.717) is 10.7 Å². The van der Waals surface area contributed by atoms with Gasteiger partial charge in [0.15, 0.2) is 0 Å². The Morgan fingerprint density at radius 3 is 2.78 bits per heavy atom. The Bertz CT molecular complexity index is 859. The van der Waals surface area contributed by atoms with E-state index in [0.717, 1.165) is 25.0 Å². The van der Waals surface area contributed by atoms with E-state index in [1.165, 1.54) is 5.56 Å². The summed E-state index contributed by atoms with van der Waals surface area (Å²) in [6.07, 6.45) is 5.53. The zero-order valence-electron chi connectivity index (χ0n) is 12.5. The lowest BCUT2D eigenvalue weighted by molar-refractivity contribution is 0.0730. The number of amides is 1. The molecular formula is C18H16ClN3O. The number of hydrogen-bond donors (Lipinski definition) is 0. The Hall–Kier alpha value is -2.33. The molecule has 1 atom stereocenters. The van der Waals surface area contributed by atoms with Crippen molar-refractivity contribution < 1.29 is 4.79 Å². The minimum Gasteiger partial charge on any atom is -0.330 e. The number of imidazole rings is 1. The molecule has 2 aromatic heterocycles. The molecule has 1 saturated heterocycles. The van der Waals surface area contributed by atoms with Gasteiger partial charge in [0.05, 0.1) is 11.1 Å². The molecule has 0 unspecified atom stereocenters. The maximum Gasteiger partial charge on any atom is 0.274 e. The summed E-state index contributed by atoms with van der Waals surface area (Å²) in [5.41, 5.74) is 2.38. The minimum atomic E-state index is -0.0174. The fourth-order valence-electron chi connectivity index (χ4n) is 3.25. The van der Waals surface area contributed by atoms with Gasteiger partial charge in [0, 0.05) is 18.9 Å². The standard InChI is InChI=1S/C18H16ClN3O/c19-14-8-9-17-20-15(12-21(17)11-14)18(23)22-10-4-7-16(22)13-5-2-1-3-6-13/h1-3,5-6,8-9,11-12,16H,4,7,10H2/t16-/m0/s1. The van der Waals surface area contributed by atoms with Crippen LogP contribution in [-0.4, -0.2) is 26.7 Å². The van der Waals surface area contributed by atoms with Crippen molar-refractivity contribution in [2.45, 2.75) is 18.9 Å². The van der Waals surface area contributed by atoms with Crippen molar-refractivity contribution >= 4 is 23.2 Å². The average Bonchev–Trinajstić information content (AvgIpc) is 3.21. The number of pyridine rings is 1. The maximum atomic E-state index is 12.9. The molecule has 1 aliphatic rings. The highest BCUT2D eigenvalue weighted by atomic mass is 35.5. The lowest BCUT2D eigenvalue weighted by atomic mass is 10.0. The first kappa shape index (κ1) is 14.3. The van der Waals surface area contributed by atoms with Gasteiger partial charge in [-0.3, -0.25) is 4.79 Å². The third-order valence-electron chi connectivity index (χ3n) is 4.33. The number of aromatic nitrogens is 2. The number of carbonyl (C=O) groups is 1. The molecule has 4 nitrogen and oxygen atoms in total. The lowest BCUT2D eigenvalue weighted by Gasteiger charge is -2.24. The van der Waals surface area contributed by atoms with Crippen LogP contribution in [0.25, 0.3) is 5.65 Å². The molecule has 0 bridgehead atoms. The predicted molar refractivity (Wildman–Crippen MR) is 89.7 cm³/mol. The van der Waals surface area contributed by atoms with Gasteiger partial charge >= 0.3 is 0 Å². The molecule has 0 spiro atoms. The van der Waals surface area contributed by atoms with Crippen molar-refractivity contribution in [2.24, 2.45) is 0 Å². The van der Waals surface area contributed by atoms with Gasteiger partial charge in [-0.25, -0.2) is 4.98 Å². The highest BCUT2D eigenvalue weighted by Crippen LogP contribution is 2.32. The number of benzene rings is 1. The Morgan fingerprint density at radius 1 is 1.13 bits per heavy atom. The molecule has 1 amide bonds. The van der Waals surface area contributed by atoms with E-state index in [1.807, 2.05) is 29.2 Å². The molecule has 0 radical (unpaired) electrons. The molecule has 1 fully saturated rings. The molecule has 116 valence electrons. The first-order valence-electron chi connectivity index (χ1n) is 7.72. The fraction of sp³-hybridized carbons (Fsp3) is 0.222. The molecule has 0 aliphatic carbocycles. The molecule has 1 aromatic carbocycles. The number of rotatable bonds is 2. The normalized spacial score (nSPS) is 17.8. The number of halogens is 1. The first-order valence-corrected chi connectivity index (χ1v) is 8.10. The summed E-state index contributed by atoms with van der Waals surface area (Å²) >= 11 is 5.99. The topological polar surface area (TPSA) is 37.6 Å². The van der Waals surface area contributed by atoms with Crippen LogP contribution < -0.4 is 0 Å². The van der Waals surface area contributed by atoms with Crippen molar-refractivity contribution in [3.63, 3.8) is 0 Å². The summed E-state index contributed by atoms with van der Waals surface area (Å²) in [7, 11) is 0. The van der Waals surface area contributed by atoms with E-state index in [1.54, 1.807) is 22.9 Å². The summed E-state index contributed by atoms with van der Waals surface area (Å²) in [6.45, 7) is 0.771. The summed E-state index contributed by atoms with van der Waals surface area (Å²) in [5, 5.41) is 0.622. The van der Waals surface area contributed by atoms with Gasteiger partial charge in [0.25, 0.3) is 5.91 Å². The van der Waals surface area contributed by atoms with Crippen molar-refractivity contribution in [1.82, 2.24) is 14.3 Å². The molecule has 3 heterocycles. The first-order chi connectivity index (χ1) is 11.2. The highest BCUT2D eigenvalue weighted by molar-refractivity contribution is 6.30. The Balaban J connectivity index is 1.66. The van der Waals surface area contributed by atoms with Gasteiger partial charge in [-0.15, -0.1) is 0 Å². The monoisotopic (exact) mass is 325 g/mol. The highest BCUT2D eigenvalue weighted by Gasteiger charge is 2.31. The van der Waals surface area contributed by atoms with E-state index >= 15 is 0 Å². The summed E-state index contributed by atoms with van der Waals surface area (Å²) < 4.78 is 1.79. The van der Waals surface area contributed by atoms with Gasteiger partial charge in [-0.1, -0.05) is 41.9 Å². The van der Waals surface area contributed by atoms with Crippen LogP contribution in [0.5, 0.6) is 0 Å². The van der Waals surface area contributed by atoms with Crippen LogP contribution in [0, 0.1) is 0 Å². The smallest absolute Gasteiger partial charge is 0.274 e. The molecule has 1 aliphatic heterocycles. The van der Waals surface area contributed by atoms with E-state index < -0.39 is 0 Å². The molecule has 3 aromatic rings. The van der Waals surface area contributed by atoms with Gasteiger partial charge in [0.2, 0.25) is 0 Å². The van der Waals surface area contributed by atoms with Crippen LogP contribution in [0.4, 0.5) is 0 Å². The van der Waals surface area contributed by atoms with Crippen molar-refractivity contribution in [3.05, 3.63) is 71.1 Å². The molecule has 23 heavy (non-hydrogen) atoms. The number of likely N-dealkylation sites (tertiary alicyclic amines) is 1. The quantitative estimate of drug-likeness (QED) is 0.715. The molecular weight excluding hydrogens is 310 g/mol. The summed E-state index contributed by atoms with van der Waals surface area (Å²) in [6, 6.07) is 13.9. The number of hydrogen-bond acceptors (Lipinski definition) is 2. The van der Waals surface area contributed by atoms with Crippen molar-refractivity contribution in [1.29, 1.82) is 0 Å². The van der Waals surface area contributed by atoms with Crippen molar-refractivity contribution in [3.8, 4) is 0 Å². The predicted octanol–water partition coefficient (Wildman–Crippen LogP) is 3.97. The van der Waals surface area contributed by atoms with Gasteiger partial charge in [-0.2, -0.15) is 0 Å². The Morgan fingerprint density at radius 2 is 1.96 bits per heavy atom. The van der Waals surface area contributed by atoms with Gasteiger partial charge in [0.1, 0.15) is 11.3 Å². The lowest BCUT2D eigenvalue weighted by Crippen LogP contribution is -2.30. The molecule has 4 rings (SSSR count). The number of fused-ring (bicyclic) bond motifs is 1. The third kappa shape index (κ3) is 2.59. The maximum absolute atomic E-state index is 12.9. The number of nitrogens with zero attached hydrogens (tertiary/aromatic N) is 3. The fourth-order valence-corrected chi connectivity index (χ4v) is 3.41. The van der Waals surface area contributed by atoms with Gasteiger partial charge in [-0.05, 0) is 30.5 Å². The Labute approximate surface area is 139 Å². The van der Waals surface area contributed by atoms with E-state index in [9.17, 15) is 4.79 Å². The van der Waals surface area contributed by atoms with Crippen LogP contribution in [0.3, 0.4) is 0 Å². The summed E-state index contributed by atoms with van der Waals surface area (Å²) in [5.74, 6) is -0.0174. The van der Waals surface area contributed by atoms with Crippen LogP contribution in [-0.2, 0) is 0 Å².